The molecule has 0 saturated carbocycles. The van der Waals surface area contributed by atoms with Crippen LogP contribution in [-0.4, -0.2) is 50.8 Å². The lowest BCUT2D eigenvalue weighted by atomic mass is 10.1. The predicted octanol–water partition coefficient (Wildman–Crippen LogP) is 4.80. The molecule has 176 valence electrons. The van der Waals surface area contributed by atoms with Gasteiger partial charge in [-0.25, -0.2) is 14.1 Å². The third-order valence-electron chi connectivity index (χ3n) is 6.62. The molecule has 3 aromatic carbocycles. The Morgan fingerprint density at radius 1 is 0.829 bits per heavy atom. The van der Waals surface area contributed by atoms with Gasteiger partial charge in [0.25, 0.3) is 0 Å². The summed E-state index contributed by atoms with van der Waals surface area (Å²) in [7, 11) is 0. The van der Waals surface area contributed by atoms with Crippen molar-refractivity contribution in [3.05, 3.63) is 108 Å². The molecule has 1 aliphatic heterocycles. The Morgan fingerprint density at radius 3 is 2.49 bits per heavy atom. The zero-order chi connectivity index (χ0) is 23.6. The summed E-state index contributed by atoms with van der Waals surface area (Å²) in [6.07, 6.45) is 2.32. The van der Waals surface area contributed by atoms with Crippen molar-refractivity contribution in [1.29, 1.82) is 0 Å². The highest BCUT2D eigenvalue weighted by Gasteiger charge is 2.18. The quantitative estimate of drug-likeness (QED) is 0.391. The molecule has 1 aliphatic rings. The molecule has 0 spiro atoms. The number of para-hydroxylation sites is 1. The van der Waals surface area contributed by atoms with Gasteiger partial charge in [-0.3, -0.25) is 4.90 Å². The first kappa shape index (κ1) is 21.6. The molecule has 1 N–H and O–H groups in total. The second-order valence-electron chi connectivity index (χ2n) is 9.02. The van der Waals surface area contributed by atoms with E-state index >= 15 is 0 Å². The van der Waals surface area contributed by atoms with Crippen molar-refractivity contribution in [2.45, 2.75) is 13.0 Å². The first-order chi connectivity index (χ1) is 17.2. The number of aromatic amines is 1. The molecule has 0 atom stereocenters. The minimum Gasteiger partial charge on any atom is -0.369 e. The fourth-order valence-corrected chi connectivity index (χ4v) is 4.82. The van der Waals surface area contributed by atoms with E-state index in [4.69, 9.17) is 4.98 Å². The standard InChI is InChI=1S/C28H27FN6/c29-22-5-4-8-24(18-22)35-25(11-12-30-35)19-28-31-26-10-9-21(17-27(26)32-28)20-33-13-15-34(16-14-33)23-6-2-1-3-7-23/h1-12,17-18H,13-16,19-20H2,(H,31,32). The van der Waals surface area contributed by atoms with Gasteiger partial charge in [0.15, 0.2) is 0 Å². The van der Waals surface area contributed by atoms with Crippen LogP contribution in [0.3, 0.4) is 0 Å². The van der Waals surface area contributed by atoms with Crippen LogP contribution < -0.4 is 4.90 Å². The molecule has 35 heavy (non-hydrogen) atoms. The molecule has 0 unspecified atom stereocenters. The van der Waals surface area contributed by atoms with E-state index in [9.17, 15) is 4.39 Å². The number of rotatable bonds is 6. The zero-order valence-electron chi connectivity index (χ0n) is 19.4. The molecule has 0 bridgehead atoms. The van der Waals surface area contributed by atoms with Crippen molar-refractivity contribution >= 4 is 16.7 Å². The van der Waals surface area contributed by atoms with E-state index in [2.05, 4.69) is 68.4 Å². The van der Waals surface area contributed by atoms with Crippen LogP contribution in [0.15, 0.2) is 85.1 Å². The van der Waals surface area contributed by atoms with E-state index in [0.29, 0.717) is 12.1 Å². The average molecular weight is 467 g/mol. The fourth-order valence-electron chi connectivity index (χ4n) is 4.82. The second-order valence-corrected chi connectivity index (χ2v) is 9.02. The molecule has 0 amide bonds. The highest BCUT2D eigenvalue weighted by molar-refractivity contribution is 5.76. The Morgan fingerprint density at radius 2 is 1.66 bits per heavy atom. The Bertz CT molecular complexity index is 1430. The third-order valence-corrected chi connectivity index (χ3v) is 6.62. The number of nitrogens with one attached hydrogen (secondary N) is 1. The summed E-state index contributed by atoms with van der Waals surface area (Å²) in [6.45, 7) is 5.09. The monoisotopic (exact) mass is 466 g/mol. The molecule has 5 aromatic rings. The van der Waals surface area contributed by atoms with Crippen molar-refractivity contribution in [2.24, 2.45) is 0 Å². The predicted molar refractivity (Wildman–Crippen MR) is 136 cm³/mol. The maximum Gasteiger partial charge on any atom is 0.125 e. The summed E-state index contributed by atoms with van der Waals surface area (Å²) >= 11 is 0. The molecule has 0 radical (unpaired) electrons. The molecule has 1 fully saturated rings. The number of H-pyrrole nitrogens is 1. The van der Waals surface area contributed by atoms with Gasteiger partial charge in [-0.15, -0.1) is 0 Å². The van der Waals surface area contributed by atoms with Gasteiger partial charge in [0.05, 0.1) is 22.4 Å². The second kappa shape index (κ2) is 9.35. The number of aromatic nitrogens is 4. The Balaban J connectivity index is 1.13. The van der Waals surface area contributed by atoms with Crippen molar-refractivity contribution in [1.82, 2.24) is 24.6 Å². The lowest BCUT2D eigenvalue weighted by molar-refractivity contribution is 0.250. The van der Waals surface area contributed by atoms with Gasteiger partial charge >= 0.3 is 0 Å². The Labute approximate surface area is 203 Å². The number of imidazole rings is 1. The summed E-state index contributed by atoms with van der Waals surface area (Å²) in [5.41, 5.74) is 6.22. The molecule has 0 aliphatic carbocycles. The van der Waals surface area contributed by atoms with Crippen molar-refractivity contribution in [2.75, 3.05) is 31.1 Å². The van der Waals surface area contributed by atoms with E-state index in [1.807, 2.05) is 12.1 Å². The number of benzene rings is 3. The number of halogens is 1. The topological polar surface area (TPSA) is 53.0 Å². The summed E-state index contributed by atoms with van der Waals surface area (Å²) in [5.74, 6) is 0.591. The fraction of sp³-hybridized carbons (Fsp3) is 0.214. The SMILES string of the molecule is Fc1cccc(-n2nccc2Cc2nc3cc(CN4CCN(c5ccccc5)CC4)ccc3[nH]2)c1. The van der Waals surface area contributed by atoms with Crippen LogP contribution in [0.1, 0.15) is 17.1 Å². The molecule has 1 saturated heterocycles. The summed E-state index contributed by atoms with van der Waals surface area (Å²) in [4.78, 5) is 13.2. The molecular weight excluding hydrogens is 439 g/mol. The smallest absolute Gasteiger partial charge is 0.125 e. The number of fused-ring (bicyclic) bond motifs is 1. The Kier molecular flexibility index (Phi) is 5.76. The largest absolute Gasteiger partial charge is 0.369 e. The van der Waals surface area contributed by atoms with Crippen LogP contribution in [-0.2, 0) is 13.0 Å². The number of hydrogen-bond acceptors (Lipinski definition) is 4. The molecule has 2 aromatic heterocycles. The van der Waals surface area contributed by atoms with Gasteiger partial charge in [-0.2, -0.15) is 5.10 Å². The minimum absolute atomic E-state index is 0.276. The van der Waals surface area contributed by atoms with E-state index in [-0.39, 0.29) is 5.82 Å². The van der Waals surface area contributed by atoms with E-state index in [1.54, 1.807) is 16.9 Å². The molecular formula is C28H27FN6. The molecule has 3 heterocycles. The van der Waals surface area contributed by atoms with Crippen molar-refractivity contribution in [3.8, 4) is 5.69 Å². The van der Waals surface area contributed by atoms with Gasteiger partial charge < -0.3 is 9.88 Å². The normalized spacial score (nSPS) is 14.6. The van der Waals surface area contributed by atoms with Gasteiger partial charge in [0.1, 0.15) is 11.6 Å². The van der Waals surface area contributed by atoms with Crippen LogP contribution in [0, 0.1) is 5.82 Å². The minimum atomic E-state index is -0.276. The molecule has 6 rings (SSSR count). The summed E-state index contributed by atoms with van der Waals surface area (Å²) in [6, 6.07) is 25.5. The maximum absolute atomic E-state index is 13.7. The van der Waals surface area contributed by atoms with Crippen molar-refractivity contribution in [3.63, 3.8) is 0 Å². The van der Waals surface area contributed by atoms with Crippen LogP contribution in [0.25, 0.3) is 16.7 Å². The zero-order valence-corrected chi connectivity index (χ0v) is 19.4. The lowest BCUT2D eigenvalue weighted by Gasteiger charge is -2.36. The molecule has 7 heteroatoms. The van der Waals surface area contributed by atoms with Gasteiger partial charge in [0.2, 0.25) is 0 Å². The number of nitrogens with zero attached hydrogens (tertiary/aromatic N) is 5. The van der Waals surface area contributed by atoms with Crippen molar-refractivity contribution < 1.29 is 4.39 Å². The van der Waals surface area contributed by atoms with Gasteiger partial charge in [0, 0.05) is 51.0 Å². The lowest BCUT2D eigenvalue weighted by Crippen LogP contribution is -2.45. The van der Waals surface area contributed by atoms with E-state index in [1.165, 1.54) is 23.4 Å². The first-order valence-electron chi connectivity index (χ1n) is 12.0. The highest BCUT2D eigenvalue weighted by atomic mass is 19.1. The summed E-state index contributed by atoms with van der Waals surface area (Å²) < 4.78 is 15.5. The van der Waals surface area contributed by atoms with Crippen LogP contribution >= 0.6 is 0 Å². The number of piperazine rings is 1. The maximum atomic E-state index is 13.7. The first-order valence-corrected chi connectivity index (χ1v) is 12.0. The third kappa shape index (κ3) is 4.68. The van der Waals surface area contributed by atoms with Crippen LogP contribution in [0.2, 0.25) is 0 Å². The summed E-state index contributed by atoms with van der Waals surface area (Å²) in [5, 5.41) is 4.38. The number of hydrogen-bond donors (Lipinski definition) is 1. The van der Waals surface area contributed by atoms with E-state index in [0.717, 1.165) is 55.3 Å². The van der Waals surface area contributed by atoms with Crippen LogP contribution in [0.5, 0.6) is 0 Å². The Hall–Kier alpha value is -3.97. The highest BCUT2D eigenvalue weighted by Crippen LogP contribution is 2.20. The molecule has 6 nitrogen and oxygen atoms in total. The van der Waals surface area contributed by atoms with Gasteiger partial charge in [-0.05, 0) is 54.1 Å². The number of anilines is 1. The van der Waals surface area contributed by atoms with Crippen LogP contribution in [0.4, 0.5) is 10.1 Å². The van der Waals surface area contributed by atoms with Gasteiger partial charge in [-0.1, -0.05) is 30.3 Å². The van der Waals surface area contributed by atoms with E-state index < -0.39 is 0 Å². The average Bonchev–Trinajstić information content (AvgIpc) is 3.51.